The normalized spacial score (nSPS) is 11.6. The molecule has 0 saturated heterocycles. The van der Waals surface area contributed by atoms with Gasteiger partial charge >= 0.3 is 0 Å². The Morgan fingerprint density at radius 1 is 1.53 bits per heavy atom. The minimum atomic E-state index is -0.548. The molecule has 0 fully saturated rings. The molecule has 0 atom stereocenters. The second-order valence-corrected chi connectivity index (χ2v) is 5.01. The molecule has 5 heteroatoms. The van der Waals surface area contributed by atoms with Gasteiger partial charge in [0.2, 0.25) is 5.91 Å². The fraction of sp³-hybridized carbons (Fsp3) is 0.667. The van der Waals surface area contributed by atoms with Crippen molar-refractivity contribution in [2.75, 3.05) is 13.7 Å². The Hall–Kier alpha value is -1.36. The van der Waals surface area contributed by atoms with Gasteiger partial charge in [0, 0.05) is 12.7 Å². The molecule has 1 aromatic rings. The van der Waals surface area contributed by atoms with Crippen LogP contribution in [0.25, 0.3) is 0 Å². The number of aromatic nitrogens is 2. The fourth-order valence-corrected chi connectivity index (χ4v) is 1.51. The van der Waals surface area contributed by atoms with E-state index >= 15 is 0 Å². The Kier molecular flexibility index (Phi) is 3.93. The van der Waals surface area contributed by atoms with Crippen molar-refractivity contribution in [3.05, 3.63) is 17.5 Å². The maximum Gasteiger partial charge on any atom is 0.244 e. The molecule has 1 aromatic heterocycles. The molecule has 1 rings (SSSR count). The highest BCUT2D eigenvalue weighted by molar-refractivity contribution is 5.76. The molecule has 0 aromatic carbocycles. The van der Waals surface area contributed by atoms with Gasteiger partial charge in [0.05, 0.1) is 17.8 Å². The zero-order valence-electron chi connectivity index (χ0n) is 11.2. The summed E-state index contributed by atoms with van der Waals surface area (Å²) in [6.07, 6.45) is 0. The van der Waals surface area contributed by atoms with Crippen LogP contribution in [0.4, 0.5) is 0 Å². The Bertz CT molecular complexity index is 410. The lowest BCUT2D eigenvalue weighted by molar-refractivity contribution is -0.136. The van der Waals surface area contributed by atoms with Crippen molar-refractivity contribution in [1.82, 2.24) is 14.7 Å². The molecule has 0 aliphatic carbocycles. The van der Waals surface area contributed by atoms with Crippen LogP contribution in [0.15, 0.2) is 6.07 Å². The van der Waals surface area contributed by atoms with Crippen molar-refractivity contribution in [1.29, 1.82) is 0 Å². The monoisotopic (exact) mass is 239 g/mol. The van der Waals surface area contributed by atoms with Crippen LogP contribution in [0.3, 0.4) is 0 Å². The van der Waals surface area contributed by atoms with Gasteiger partial charge < -0.3 is 10.0 Å². The van der Waals surface area contributed by atoms with Crippen molar-refractivity contribution in [2.45, 2.75) is 39.8 Å². The van der Waals surface area contributed by atoms with E-state index in [-0.39, 0.29) is 19.1 Å². The largest absolute Gasteiger partial charge is 0.394 e. The van der Waals surface area contributed by atoms with E-state index in [1.807, 2.05) is 33.8 Å². The van der Waals surface area contributed by atoms with Crippen LogP contribution in [-0.4, -0.2) is 44.9 Å². The van der Waals surface area contributed by atoms with E-state index in [0.717, 1.165) is 11.4 Å². The number of amides is 1. The van der Waals surface area contributed by atoms with Crippen LogP contribution < -0.4 is 0 Å². The summed E-state index contributed by atoms with van der Waals surface area (Å²) < 4.78 is 1.68. The van der Waals surface area contributed by atoms with Gasteiger partial charge in [-0.15, -0.1) is 0 Å². The predicted molar refractivity (Wildman–Crippen MR) is 65.6 cm³/mol. The highest BCUT2D eigenvalue weighted by Crippen LogP contribution is 2.12. The van der Waals surface area contributed by atoms with Crippen LogP contribution in [0, 0.1) is 13.8 Å². The summed E-state index contributed by atoms with van der Waals surface area (Å²) in [7, 11) is 1.70. The number of aliphatic hydroxyl groups is 1. The van der Waals surface area contributed by atoms with E-state index in [4.69, 9.17) is 0 Å². The summed E-state index contributed by atoms with van der Waals surface area (Å²) in [5.41, 5.74) is 1.32. The number of carbonyl (C=O) groups excluding carboxylic acids is 1. The molecule has 0 aliphatic rings. The second-order valence-electron chi connectivity index (χ2n) is 5.01. The molecule has 0 unspecified atom stereocenters. The summed E-state index contributed by atoms with van der Waals surface area (Å²) in [5.74, 6) is -0.0600. The zero-order chi connectivity index (χ0) is 13.2. The van der Waals surface area contributed by atoms with Crippen LogP contribution in [0.1, 0.15) is 25.2 Å². The second kappa shape index (κ2) is 4.87. The van der Waals surface area contributed by atoms with Gasteiger partial charge in [0.15, 0.2) is 0 Å². The third kappa shape index (κ3) is 3.06. The number of aliphatic hydroxyl groups excluding tert-OH is 1. The Labute approximate surface area is 102 Å². The lowest BCUT2D eigenvalue weighted by Gasteiger charge is -2.34. The number of carbonyl (C=O) groups is 1. The van der Waals surface area contributed by atoms with Crippen molar-refractivity contribution in [2.24, 2.45) is 0 Å². The lowest BCUT2D eigenvalue weighted by Crippen LogP contribution is -2.48. The summed E-state index contributed by atoms with van der Waals surface area (Å²) in [5, 5.41) is 13.5. The highest BCUT2D eigenvalue weighted by atomic mass is 16.3. The molecule has 0 aliphatic heterocycles. The topological polar surface area (TPSA) is 58.4 Å². The molecule has 0 saturated carbocycles. The number of hydrogen-bond donors (Lipinski definition) is 1. The maximum atomic E-state index is 12.0. The van der Waals surface area contributed by atoms with Gasteiger partial charge in [-0.2, -0.15) is 5.10 Å². The van der Waals surface area contributed by atoms with Crippen molar-refractivity contribution >= 4 is 5.91 Å². The summed E-state index contributed by atoms with van der Waals surface area (Å²) in [6, 6.07) is 1.93. The first-order valence-corrected chi connectivity index (χ1v) is 5.66. The van der Waals surface area contributed by atoms with E-state index < -0.39 is 5.54 Å². The molecule has 17 heavy (non-hydrogen) atoms. The molecule has 96 valence electrons. The quantitative estimate of drug-likeness (QED) is 0.842. The number of hydrogen-bond acceptors (Lipinski definition) is 3. The Balaban J connectivity index is 2.76. The average molecular weight is 239 g/mol. The van der Waals surface area contributed by atoms with Gasteiger partial charge in [0.25, 0.3) is 0 Å². The van der Waals surface area contributed by atoms with Gasteiger partial charge in [-0.1, -0.05) is 0 Å². The van der Waals surface area contributed by atoms with E-state index in [1.54, 1.807) is 16.6 Å². The zero-order valence-corrected chi connectivity index (χ0v) is 11.2. The van der Waals surface area contributed by atoms with Crippen LogP contribution in [-0.2, 0) is 11.3 Å². The van der Waals surface area contributed by atoms with Crippen LogP contribution in [0.5, 0.6) is 0 Å². The summed E-state index contributed by atoms with van der Waals surface area (Å²) >= 11 is 0. The first-order valence-electron chi connectivity index (χ1n) is 5.66. The molecule has 0 bridgehead atoms. The number of nitrogens with zero attached hydrogens (tertiary/aromatic N) is 3. The SMILES string of the molecule is Cc1cc(C)n(CC(=O)N(C)C(C)(C)CO)n1. The maximum absolute atomic E-state index is 12.0. The lowest BCUT2D eigenvalue weighted by atomic mass is 10.1. The minimum Gasteiger partial charge on any atom is -0.394 e. The summed E-state index contributed by atoms with van der Waals surface area (Å²) in [4.78, 5) is 13.6. The van der Waals surface area contributed by atoms with Gasteiger partial charge in [-0.3, -0.25) is 9.48 Å². The third-order valence-corrected chi connectivity index (χ3v) is 3.06. The molecular weight excluding hydrogens is 218 g/mol. The smallest absolute Gasteiger partial charge is 0.244 e. The van der Waals surface area contributed by atoms with Crippen molar-refractivity contribution < 1.29 is 9.90 Å². The summed E-state index contributed by atoms with van der Waals surface area (Å²) in [6.45, 7) is 7.62. The van der Waals surface area contributed by atoms with E-state index in [1.165, 1.54) is 0 Å². The number of rotatable bonds is 4. The third-order valence-electron chi connectivity index (χ3n) is 3.06. The van der Waals surface area contributed by atoms with E-state index in [0.29, 0.717) is 0 Å². The first-order chi connectivity index (χ1) is 7.77. The van der Waals surface area contributed by atoms with Gasteiger partial charge in [-0.25, -0.2) is 0 Å². The van der Waals surface area contributed by atoms with Gasteiger partial charge in [-0.05, 0) is 33.8 Å². The molecule has 5 nitrogen and oxygen atoms in total. The fourth-order valence-electron chi connectivity index (χ4n) is 1.51. The highest BCUT2D eigenvalue weighted by Gasteiger charge is 2.27. The Morgan fingerprint density at radius 3 is 2.53 bits per heavy atom. The van der Waals surface area contributed by atoms with Crippen LogP contribution in [0.2, 0.25) is 0 Å². The van der Waals surface area contributed by atoms with Crippen molar-refractivity contribution in [3.63, 3.8) is 0 Å². The molecule has 1 N–H and O–H groups in total. The average Bonchev–Trinajstić information content (AvgIpc) is 2.56. The number of aryl methyl sites for hydroxylation is 2. The number of likely N-dealkylation sites (N-methyl/N-ethyl adjacent to an activating group) is 1. The molecular formula is C12H21N3O2. The molecule has 0 radical (unpaired) electrons. The van der Waals surface area contributed by atoms with E-state index in [2.05, 4.69) is 5.10 Å². The Morgan fingerprint density at radius 2 is 2.12 bits per heavy atom. The first kappa shape index (κ1) is 13.7. The van der Waals surface area contributed by atoms with Crippen molar-refractivity contribution in [3.8, 4) is 0 Å². The molecule has 0 spiro atoms. The molecule has 1 heterocycles. The van der Waals surface area contributed by atoms with Crippen LogP contribution >= 0.6 is 0 Å². The van der Waals surface area contributed by atoms with E-state index in [9.17, 15) is 9.90 Å². The predicted octanol–water partition coefficient (Wildman–Crippen LogP) is 0.729. The standard InChI is InChI=1S/C12H21N3O2/c1-9-6-10(2)15(13-9)7-11(17)14(5)12(3,4)8-16/h6,16H,7-8H2,1-5H3. The van der Waals surface area contributed by atoms with Gasteiger partial charge in [0.1, 0.15) is 6.54 Å². The molecule has 1 amide bonds. The minimum absolute atomic E-state index is 0.0600.